The van der Waals surface area contributed by atoms with Crippen LogP contribution in [0.3, 0.4) is 0 Å². The molecule has 1 aromatic heterocycles. The molecule has 11 heteroatoms. The van der Waals surface area contributed by atoms with Gasteiger partial charge < -0.3 is 10.2 Å². The number of aromatic nitrogens is 3. The van der Waals surface area contributed by atoms with Crippen LogP contribution < -0.4 is 21.5 Å². The Balaban J connectivity index is 1.45. The number of benzene rings is 1. The summed E-state index contributed by atoms with van der Waals surface area (Å²) in [6.45, 7) is 6.45. The van der Waals surface area contributed by atoms with E-state index in [9.17, 15) is 22.8 Å². The van der Waals surface area contributed by atoms with E-state index in [0.717, 1.165) is 49.5 Å². The Morgan fingerprint density at radius 3 is 2.53 bits per heavy atom. The van der Waals surface area contributed by atoms with Gasteiger partial charge in [-0.1, -0.05) is 19.4 Å². The highest BCUT2D eigenvalue weighted by Gasteiger charge is 2.31. The number of piperazine rings is 1. The standard InChI is InChI=1S/C21H29F3N6O2/c1-2-3-10-30-19(31)18(26-27-20(30)32)25-8-5-9-28-11-13-29(14-12-28)17-7-4-6-16(15-17)21(22,23)24/h4,6-7,15H,2-3,5,8-14H2,1H3,(H,25,26)(H,27,32). The van der Waals surface area contributed by atoms with Gasteiger partial charge in [0.25, 0.3) is 5.56 Å². The number of hydrogen-bond donors (Lipinski definition) is 2. The van der Waals surface area contributed by atoms with E-state index < -0.39 is 23.0 Å². The molecular weight excluding hydrogens is 425 g/mol. The number of rotatable bonds is 9. The van der Waals surface area contributed by atoms with Gasteiger partial charge in [-0.2, -0.15) is 13.2 Å². The van der Waals surface area contributed by atoms with Gasteiger partial charge in [-0.3, -0.25) is 14.3 Å². The van der Waals surface area contributed by atoms with Crippen molar-refractivity contribution in [2.24, 2.45) is 0 Å². The minimum Gasteiger partial charge on any atom is -0.369 e. The Labute approximate surface area is 184 Å². The molecular formula is C21H29F3N6O2. The molecule has 1 aliphatic rings. The fourth-order valence-corrected chi connectivity index (χ4v) is 3.68. The van der Waals surface area contributed by atoms with E-state index in [1.165, 1.54) is 12.1 Å². The summed E-state index contributed by atoms with van der Waals surface area (Å²) in [5.41, 5.74) is -0.970. The normalized spacial score (nSPS) is 15.2. The van der Waals surface area contributed by atoms with Crippen molar-refractivity contribution in [3.8, 4) is 0 Å². The number of unbranched alkanes of at least 4 members (excludes halogenated alkanes) is 1. The zero-order chi connectivity index (χ0) is 23.1. The van der Waals surface area contributed by atoms with Crippen molar-refractivity contribution >= 4 is 11.5 Å². The third-order valence-electron chi connectivity index (χ3n) is 5.55. The fraction of sp³-hybridized carbons (Fsp3) is 0.571. The number of anilines is 2. The summed E-state index contributed by atoms with van der Waals surface area (Å²) in [6.07, 6.45) is -1.97. The first-order chi connectivity index (χ1) is 15.3. The lowest BCUT2D eigenvalue weighted by atomic mass is 10.1. The molecule has 32 heavy (non-hydrogen) atoms. The Morgan fingerprint density at radius 1 is 1.09 bits per heavy atom. The maximum atomic E-state index is 12.9. The van der Waals surface area contributed by atoms with Crippen LogP contribution >= 0.6 is 0 Å². The molecule has 2 heterocycles. The van der Waals surface area contributed by atoms with Crippen molar-refractivity contribution in [3.05, 3.63) is 50.7 Å². The molecule has 0 unspecified atom stereocenters. The van der Waals surface area contributed by atoms with Gasteiger partial charge in [-0.25, -0.2) is 9.89 Å². The molecule has 1 aromatic carbocycles. The SMILES string of the molecule is CCCCn1c(=O)[nH]nc(NCCCN2CCN(c3cccc(C(F)(F)F)c3)CC2)c1=O. The van der Waals surface area contributed by atoms with Gasteiger partial charge in [-0.15, -0.1) is 5.10 Å². The molecule has 0 spiro atoms. The van der Waals surface area contributed by atoms with Gasteiger partial charge in [0.05, 0.1) is 5.56 Å². The van der Waals surface area contributed by atoms with Gasteiger partial charge in [0.1, 0.15) is 0 Å². The molecule has 1 saturated heterocycles. The second-order valence-electron chi connectivity index (χ2n) is 7.84. The average Bonchev–Trinajstić information content (AvgIpc) is 2.78. The number of halogens is 3. The molecule has 2 N–H and O–H groups in total. The number of H-pyrrole nitrogens is 1. The predicted molar refractivity (Wildman–Crippen MR) is 117 cm³/mol. The molecule has 0 saturated carbocycles. The summed E-state index contributed by atoms with van der Waals surface area (Å²) < 4.78 is 40.0. The fourth-order valence-electron chi connectivity index (χ4n) is 3.68. The van der Waals surface area contributed by atoms with E-state index in [1.807, 2.05) is 11.8 Å². The highest BCUT2D eigenvalue weighted by Crippen LogP contribution is 2.31. The first kappa shape index (κ1) is 23.8. The van der Waals surface area contributed by atoms with Crippen LogP contribution in [0.1, 0.15) is 31.7 Å². The molecule has 176 valence electrons. The summed E-state index contributed by atoms with van der Waals surface area (Å²) in [7, 11) is 0. The van der Waals surface area contributed by atoms with Crippen molar-refractivity contribution in [3.63, 3.8) is 0 Å². The topological polar surface area (TPSA) is 86.3 Å². The van der Waals surface area contributed by atoms with Crippen molar-refractivity contribution in [2.45, 2.75) is 38.9 Å². The van der Waals surface area contributed by atoms with Crippen LogP contribution in [0.2, 0.25) is 0 Å². The van der Waals surface area contributed by atoms with Crippen LogP contribution in [0, 0.1) is 0 Å². The third kappa shape index (κ3) is 6.12. The highest BCUT2D eigenvalue weighted by atomic mass is 19.4. The van der Waals surface area contributed by atoms with Crippen LogP contribution in [-0.4, -0.2) is 58.9 Å². The first-order valence-corrected chi connectivity index (χ1v) is 10.9. The molecule has 0 bridgehead atoms. The van der Waals surface area contributed by atoms with Gasteiger partial charge in [0.2, 0.25) is 5.82 Å². The zero-order valence-corrected chi connectivity index (χ0v) is 18.1. The second-order valence-corrected chi connectivity index (χ2v) is 7.84. The lowest BCUT2D eigenvalue weighted by molar-refractivity contribution is -0.137. The first-order valence-electron chi connectivity index (χ1n) is 10.9. The molecule has 2 aromatic rings. The van der Waals surface area contributed by atoms with E-state index >= 15 is 0 Å². The summed E-state index contributed by atoms with van der Waals surface area (Å²) in [4.78, 5) is 28.4. The minimum absolute atomic E-state index is 0.134. The van der Waals surface area contributed by atoms with E-state index in [0.29, 0.717) is 31.9 Å². The summed E-state index contributed by atoms with van der Waals surface area (Å²) >= 11 is 0. The van der Waals surface area contributed by atoms with Crippen molar-refractivity contribution in [1.29, 1.82) is 0 Å². The van der Waals surface area contributed by atoms with Crippen LogP contribution in [0.5, 0.6) is 0 Å². The highest BCUT2D eigenvalue weighted by molar-refractivity contribution is 5.49. The minimum atomic E-state index is -4.34. The second kappa shape index (κ2) is 10.7. The Morgan fingerprint density at radius 2 is 1.84 bits per heavy atom. The number of nitrogens with zero attached hydrogens (tertiary/aromatic N) is 4. The van der Waals surface area contributed by atoms with Crippen molar-refractivity contribution in [1.82, 2.24) is 19.7 Å². The number of aromatic amines is 1. The monoisotopic (exact) mass is 454 g/mol. The lowest BCUT2D eigenvalue weighted by Crippen LogP contribution is -2.47. The summed E-state index contributed by atoms with van der Waals surface area (Å²) in [5.74, 6) is 0.134. The van der Waals surface area contributed by atoms with Crippen LogP contribution in [0.25, 0.3) is 0 Å². The van der Waals surface area contributed by atoms with E-state index in [4.69, 9.17) is 0 Å². The quantitative estimate of drug-likeness (QED) is 0.566. The molecule has 1 fully saturated rings. The van der Waals surface area contributed by atoms with Crippen LogP contribution in [-0.2, 0) is 12.7 Å². The van der Waals surface area contributed by atoms with Crippen molar-refractivity contribution < 1.29 is 13.2 Å². The summed E-state index contributed by atoms with van der Waals surface area (Å²) in [6, 6.07) is 5.43. The average molecular weight is 454 g/mol. The number of nitrogens with one attached hydrogen (secondary N) is 2. The smallest absolute Gasteiger partial charge is 0.369 e. The van der Waals surface area contributed by atoms with Gasteiger partial charge >= 0.3 is 11.9 Å². The van der Waals surface area contributed by atoms with Crippen LogP contribution in [0.4, 0.5) is 24.7 Å². The van der Waals surface area contributed by atoms with Gasteiger partial charge in [0, 0.05) is 45.0 Å². The Hall–Kier alpha value is -2.82. The van der Waals surface area contributed by atoms with E-state index in [-0.39, 0.29) is 5.82 Å². The molecule has 0 aliphatic carbocycles. The third-order valence-corrected chi connectivity index (χ3v) is 5.55. The van der Waals surface area contributed by atoms with E-state index in [2.05, 4.69) is 20.4 Å². The summed E-state index contributed by atoms with van der Waals surface area (Å²) in [5, 5.41) is 9.16. The molecule has 0 amide bonds. The molecule has 1 aliphatic heterocycles. The predicted octanol–water partition coefficient (Wildman–Crippen LogP) is 2.37. The van der Waals surface area contributed by atoms with Gasteiger partial charge in [0.15, 0.2) is 0 Å². The largest absolute Gasteiger partial charge is 0.416 e. The molecule has 8 nitrogen and oxygen atoms in total. The zero-order valence-electron chi connectivity index (χ0n) is 18.1. The number of hydrogen-bond acceptors (Lipinski definition) is 6. The van der Waals surface area contributed by atoms with Crippen LogP contribution in [0.15, 0.2) is 33.9 Å². The Bertz CT molecular complexity index is 996. The molecule has 3 rings (SSSR count). The maximum Gasteiger partial charge on any atom is 0.416 e. The van der Waals surface area contributed by atoms with Gasteiger partial charge in [-0.05, 0) is 37.6 Å². The van der Waals surface area contributed by atoms with E-state index in [1.54, 1.807) is 6.07 Å². The van der Waals surface area contributed by atoms with Crippen molar-refractivity contribution in [2.75, 3.05) is 49.5 Å². The maximum absolute atomic E-state index is 12.9. The Kier molecular flexibility index (Phi) is 7.94. The molecule has 0 radical (unpaired) electrons. The molecule has 0 atom stereocenters. The number of alkyl halides is 3. The lowest BCUT2D eigenvalue weighted by Gasteiger charge is -2.36.